The second-order valence-corrected chi connectivity index (χ2v) is 7.69. The van der Waals surface area contributed by atoms with Gasteiger partial charge in [0.15, 0.2) is 5.82 Å². The van der Waals surface area contributed by atoms with Crippen molar-refractivity contribution in [2.45, 2.75) is 25.2 Å². The minimum Gasteiger partial charge on any atom is -0.497 e. The third-order valence-electron chi connectivity index (χ3n) is 5.92. The van der Waals surface area contributed by atoms with E-state index in [9.17, 15) is 9.59 Å². The zero-order valence-electron chi connectivity index (χ0n) is 16.1. The molecule has 5 rings (SSSR count). The number of fused-ring (bicyclic) bond motifs is 1. The van der Waals surface area contributed by atoms with Crippen LogP contribution in [-0.4, -0.2) is 42.3 Å². The number of benzene rings is 1. The van der Waals surface area contributed by atoms with Gasteiger partial charge in [-0.05, 0) is 24.6 Å². The summed E-state index contributed by atoms with van der Waals surface area (Å²) < 4.78 is 16.4. The average molecular weight is 395 g/mol. The fourth-order valence-electron chi connectivity index (χ4n) is 4.52. The molecule has 1 N–H and O–H groups in total. The van der Waals surface area contributed by atoms with Crippen molar-refractivity contribution in [3.8, 4) is 5.75 Å². The van der Waals surface area contributed by atoms with Crippen LogP contribution >= 0.6 is 0 Å². The number of carbonyl (C=O) groups is 2. The second kappa shape index (κ2) is 6.45. The highest BCUT2D eigenvalue weighted by atomic mass is 16.5. The van der Waals surface area contributed by atoms with Gasteiger partial charge in [-0.15, -0.1) is 0 Å². The van der Waals surface area contributed by atoms with Crippen LogP contribution in [0.15, 0.2) is 47.0 Å². The molecule has 0 saturated carbocycles. The smallest absolute Gasteiger partial charge is 0.235 e. The number of aromatic nitrogens is 1. The third kappa shape index (κ3) is 2.74. The number of aryl methyl sites for hydroxylation is 1. The first kappa shape index (κ1) is 17.9. The van der Waals surface area contributed by atoms with Crippen molar-refractivity contribution in [1.82, 2.24) is 10.5 Å². The maximum absolute atomic E-state index is 13.2. The van der Waals surface area contributed by atoms with Crippen LogP contribution < -0.4 is 15.0 Å². The Bertz CT molecular complexity index is 998. The van der Waals surface area contributed by atoms with Crippen LogP contribution in [-0.2, 0) is 20.9 Å². The molecule has 2 bridgehead atoms. The van der Waals surface area contributed by atoms with Gasteiger partial charge in [0.2, 0.25) is 11.8 Å². The number of nitrogens with zero attached hydrogens (tertiary/aromatic N) is 2. The van der Waals surface area contributed by atoms with Crippen LogP contribution in [0.1, 0.15) is 11.3 Å². The number of anilines is 1. The van der Waals surface area contributed by atoms with Gasteiger partial charge in [-0.25, -0.2) is 0 Å². The predicted molar refractivity (Wildman–Crippen MR) is 102 cm³/mol. The molecule has 4 atom stereocenters. The largest absolute Gasteiger partial charge is 0.497 e. The fourth-order valence-corrected chi connectivity index (χ4v) is 4.52. The van der Waals surface area contributed by atoms with Crippen molar-refractivity contribution in [3.05, 3.63) is 53.8 Å². The molecule has 2 fully saturated rings. The summed E-state index contributed by atoms with van der Waals surface area (Å²) in [6.07, 6.45) is 3.42. The van der Waals surface area contributed by atoms with Crippen LogP contribution in [0.2, 0.25) is 0 Å². The van der Waals surface area contributed by atoms with E-state index in [2.05, 4.69) is 10.5 Å². The monoisotopic (exact) mass is 395 g/mol. The van der Waals surface area contributed by atoms with Crippen molar-refractivity contribution in [3.63, 3.8) is 0 Å². The number of hydrogen-bond donors (Lipinski definition) is 1. The summed E-state index contributed by atoms with van der Waals surface area (Å²) in [6.45, 7) is 2.47. The summed E-state index contributed by atoms with van der Waals surface area (Å²) >= 11 is 0. The van der Waals surface area contributed by atoms with Gasteiger partial charge in [-0.1, -0.05) is 29.4 Å². The molecule has 150 valence electrons. The van der Waals surface area contributed by atoms with E-state index in [1.54, 1.807) is 25.0 Å². The van der Waals surface area contributed by atoms with Gasteiger partial charge < -0.3 is 19.3 Å². The number of methoxy groups -OCH3 is 1. The summed E-state index contributed by atoms with van der Waals surface area (Å²) in [5.41, 5.74) is 0.169. The van der Waals surface area contributed by atoms with Crippen molar-refractivity contribution in [2.24, 2.45) is 11.8 Å². The van der Waals surface area contributed by atoms with E-state index in [1.807, 2.05) is 36.4 Å². The second-order valence-electron chi connectivity index (χ2n) is 7.69. The first-order valence-corrected chi connectivity index (χ1v) is 9.53. The minimum absolute atomic E-state index is 0.158. The quantitative estimate of drug-likeness (QED) is 0.773. The molecular weight excluding hydrogens is 374 g/mol. The Balaban J connectivity index is 1.33. The normalized spacial score (nSPS) is 29.4. The van der Waals surface area contributed by atoms with Crippen LogP contribution in [0.4, 0.5) is 5.82 Å². The highest BCUT2D eigenvalue weighted by Gasteiger charge is 2.67. The van der Waals surface area contributed by atoms with Gasteiger partial charge in [0, 0.05) is 12.6 Å². The molecule has 4 heterocycles. The van der Waals surface area contributed by atoms with E-state index >= 15 is 0 Å². The molecule has 8 heteroatoms. The Hall–Kier alpha value is -3.13. The molecule has 4 unspecified atom stereocenters. The lowest BCUT2D eigenvalue weighted by molar-refractivity contribution is -0.132. The molecule has 2 saturated heterocycles. The van der Waals surface area contributed by atoms with Crippen molar-refractivity contribution in [1.29, 1.82) is 0 Å². The van der Waals surface area contributed by atoms with E-state index in [-0.39, 0.29) is 17.9 Å². The van der Waals surface area contributed by atoms with Gasteiger partial charge in [0.05, 0.1) is 31.6 Å². The predicted octanol–water partition coefficient (Wildman–Crippen LogP) is 1.59. The van der Waals surface area contributed by atoms with E-state index in [0.29, 0.717) is 24.7 Å². The standard InChI is InChI=1S/C21H21N3O5/c1-12-9-16(23-29-12)24-11-21-8-7-15(28-21)17(18(21)20(24)26)19(25)22-10-13-3-5-14(27-2)6-4-13/h3-9,15,17-18H,10-11H2,1-2H3,(H,22,25). The molecule has 0 aliphatic carbocycles. The van der Waals surface area contributed by atoms with Crippen molar-refractivity contribution >= 4 is 17.6 Å². The Labute approximate surface area is 167 Å². The zero-order chi connectivity index (χ0) is 20.2. The van der Waals surface area contributed by atoms with E-state index in [1.165, 1.54) is 0 Å². The lowest BCUT2D eigenvalue weighted by Crippen LogP contribution is -2.44. The lowest BCUT2D eigenvalue weighted by atomic mass is 9.77. The first-order valence-electron chi connectivity index (χ1n) is 9.53. The highest BCUT2D eigenvalue weighted by Crippen LogP contribution is 2.52. The van der Waals surface area contributed by atoms with E-state index in [0.717, 1.165) is 11.3 Å². The topological polar surface area (TPSA) is 93.9 Å². The molecule has 3 aliphatic heterocycles. The average Bonchev–Trinajstić information content (AvgIpc) is 3.47. The van der Waals surface area contributed by atoms with E-state index in [4.69, 9.17) is 14.0 Å². The SMILES string of the molecule is COc1ccc(CNC(=O)C2C3C=CC4(CN(c5cc(C)on5)C(=O)C24)O3)cc1. The molecule has 1 aromatic carbocycles. The van der Waals surface area contributed by atoms with Crippen LogP contribution in [0, 0.1) is 18.8 Å². The maximum atomic E-state index is 13.2. The molecule has 2 amide bonds. The molecule has 2 aromatic rings. The lowest BCUT2D eigenvalue weighted by Gasteiger charge is -2.23. The molecule has 1 spiro atoms. The van der Waals surface area contributed by atoms with Crippen molar-refractivity contribution < 1.29 is 23.6 Å². The Morgan fingerprint density at radius 3 is 2.86 bits per heavy atom. The summed E-state index contributed by atoms with van der Waals surface area (Å²) in [7, 11) is 1.61. The van der Waals surface area contributed by atoms with Crippen LogP contribution in [0.5, 0.6) is 5.75 Å². The van der Waals surface area contributed by atoms with E-state index < -0.39 is 17.4 Å². The van der Waals surface area contributed by atoms with Crippen LogP contribution in [0.3, 0.4) is 0 Å². The zero-order valence-corrected chi connectivity index (χ0v) is 16.1. The Morgan fingerprint density at radius 1 is 1.38 bits per heavy atom. The molecular formula is C21H21N3O5. The minimum atomic E-state index is -0.781. The summed E-state index contributed by atoms with van der Waals surface area (Å²) in [5.74, 6) is 0.358. The third-order valence-corrected chi connectivity index (χ3v) is 5.92. The fraction of sp³-hybridized carbons (Fsp3) is 0.381. The summed E-state index contributed by atoms with van der Waals surface area (Å²) in [6, 6.07) is 9.20. The number of ether oxygens (including phenoxy) is 2. The summed E-state index contributed by atoms with van der Waals surface area (Å²) in [4.78, 5) is 27.7. The van der Waals surface area contributed by atoms with Gasteiger partial charge in [-0.3, -0.25) is 14.5 Å². The molecule has 8 nitrogen and oxygen atoms in total. The maximum Gasteiger partial charge on any atom is 0.235 e. The van der Waals surface area contributed by atoms with Crippen molar-refractivity contribution in [2.75, 3.05) is 18.6 Å². The van der Waals surface area contributed by atoms with Gasteiger partial charge in [0.25, 0.3) is 0 Å². The molecule has 29 heavy (non-hydrogen) atoms. The number of nitrogens with one attached hydrogen (secondary N) is 1. The van der Waals surface area contributed by atoms with Gasteiger partial charge >= 0.3 is 0 Å². The van der Waals surface area contributed by atoms with Gasteiger partial charge in [0.1, 0.15) is 17.1 Å². The number of amides is 2. The molecule has 3 aliphatic rings. The summed E-state index contributed by atoms with van der Waals surface area (Å²) in [5, 5.41) is 6.91. The number of rotatable bonds is 5. The highest BCUT2D eigenvalue weighted by molar-refractivity contribution is 6.02. The van der Waals surface area contributed by atoms with Crippen LogP contribution in [0.25, 0.3) is 0 Å². The Kier molecular flexibility index (Phi) is 3.99. The van der Waals surface area contributed by atoms with Gasteiger partial charge in [-0.2, -0.15) is 0 Å². The molecule has 1 aromatic heterocycles. The number of carbonyl (C=O) groups excluding carboxylic acids is 2. The first-order chi connectivity index (χ1) is 14.0. The molecule has 0 radical (unpaired) electrons. The Morgan fingerprint density at radius 2 is 2.17 bits per heavy atom. The number of hydrogen-bond acceptors (Lipinski definition) is 6.